The molecule has 1 aliphatic heterocycles. The van der Waals surface area contributed by atoms with Crippen LogP contribution in [0.4, 0.5) is 0 Å². The summed E-state index contributed by atoms with van der Waals surface area (Å²) in [6.07, 6.45) is 1.92. The van der Waals surface area contributed by atoms with Crippen molar-refractivity contribution in [3.63, 3.8) is 0 Å². The molecule has 0 N–H and O–H groups in total. The number of rotatable bonds is 3. The summed E-state index contributed by atoms with van der Waals surface area (Å²) in [6.45, 7) is 5.14. The van der Waals surface area contributed by atoms with Crippen LogP contribution in [0, 0.1) is 13.8 Å². The summed E-state index contributed by atoms with van der Waals surface area (Å²) >= 11 is 0. The zero-order valence-electron chi connectivity index (χ0n) is 13.6. The third-order valence-electron chi connectivity index (χ3n) is 4.01. The quantitative estimate of drug-likeness (QED) is 0.845. The number of aryl methyl sites for hydroxylation is 2. The van der Waals surface area contributed by atoms with Crippen LogP contribution in [-0.2, 0) is 0 Å². The first kappa shape index (κ1) is 15.4. The third kappa shape index (κ3) is 3.15. The Labute approximate surface area is 134 Å². The van der Waals surface area contributed by atoms with E-state index in [-0.39, 0.29) is 11.9 Å². The number of carbonyl (C=O) groups is 1. The summed E-state index contributed by atoms with van der Waals surface area (Å²) in [6, 6.07) is 3.44. The van der Waals surface area contributed by atoms with E-state index in [0.717, 1.165) is 31.0 Å². The van der Waals surface area contributed by atoms with Crippen LogP contribution >= 0.6 is 0 Å². The van der Waals surface area contributed by atoms with Crippen molar-refractivity contribution in [3.05, 3.63) is 29.5 Å². The summed E-state index contributed by atoms with van der Waals surface area (Å²) in [5.41, 5.74) is 0.331. The Kier molecular flexibility index (Phi) is 4.22. The van der Waals surface area contributed by atoms with Crippen LogP contribution in [0.3, 0.4) is 0 Å². The monoisotopic (exact) mass is 316 g/mol. The van der Waals surface area contributed by atoms with E-state index >= 15 is 0 Å². The molecule has 122 valence electrons. The topological polar surface area (TPSA) is 86.0 Å². The van der Waals surface area contributed by atoms with Crippen LogP contribution in [0.1, 0.15) is 41.0 Å². The van der Waals surface area contributed by atoms with Gasteiger partial charge in [-0.2, -0.15) is 5.10 Å². The minimum atomic E-state index is -0.112. The predicted molar refractivity (Wildman–Crippen MR) is 82.3 cm³/mol. The fourth-order valence-electron chi connectivity index (χ4n) is 2.93. The van der Waals surface area contributed by atoms with E-state index in [2.05, 4.69) is 20.3 Å². The summed E-state index contributed by atoms with van der Waals surface area (Å²) < 4.78 is 6.89. The van der Waals surface area contributed by atoms with E-state index in [1.54, 1.807) is 17.0 Å². The Morgan fingerprint density at radius 1 is 1.30 bits per heavy atom. The lowest BCUT2D eigenvalue weighted by molar-refractivity contribution is 0.0664. The first-order valence-corrected chi connectivity index (χ1v) is 7.65. The minimum Gasteiger partial charge on any atom is -0.480 e. The van der Waals surface area contributed by atoms with Gasteiger partial charge in [0.05, 0.1) is 13.2 Å². The molecule has 2 aromatic heterocycles. The molecule has 0 aromatic carbocycles. The molecule has 0 radical (unpaired) electrons. The van der Waals surface area contributed by atoms with Crippen LogP contribution in [0.25, 0.3) is 0 Å². The highest BCUT2D eigenvalue weighted by Crippen LogP contribution is 2.23. The largest absolute Gasteiger partial charge is 0.480 e. The highest BCUT2D eigenvalue weighted by atomic mass is 16.5. The van der Waals surface area contributed by atoms with Gasteiger partial charge in [0.15, 0.2) is 5.69 Å². The number of aromatic nitrogens is 5. The first-order chi connectivity index (χ1) is 11.1. The van der Waals surface area contributed by atoms with E-state index in [1.165, 1.54) is 7.11 Å². The summed E-state index contributed by atoms with van der Waals surface area (Å²) in [4.78, 5) is 18.8. The molecule has 1 atom stereocenters. The number of ether oxygens (including phenoxy) is 1. The molecular formula is C15H20N6O2. The summed E-state index contributed by atoms with van der Waals surface area (Å²) in [5.74, 6) is 1.92. The Morgan fingerprint density at radius 2 is 2.13 bits per heavy atom. The van der Waals surface area contributed by atoms with Gasteiger partial charge in [-0.05, 0) is 32.8 Å². The smallest absolute Gasteiger partial charge is 0.274 e. The number of hydrogen-bond acceptors (Lipinski definition) is 6. The SMILES string of the molecule is COc1ccc(C(=O)N2CCC[C@@H](n3nc(C)nc3C)C2)nn1. The van der Waals surface area contributed by atoms with E-state index in [1.807, 2.05) is 18.5 Å². The molecular weight excluding hydrogens is 296 g/mol. The average molecular weight is 316 g/mol. The highest BCUT2D eigenvalue weighted by molar-refractivity contribution is 5.92. The lowest BCUT2D eigenvalue weighted by Gasteiger charge is -2.32. The van der Waals surface area contributed by atoms with Crippen molar-refractivity contribution in [2.24, 2.45) is 0 Å². The Balaban J connectivity index is 1.74. The highest BCUT2D eigenvalue weighted by Gasteiger charge is 2.28. The van der Waals surface area contributed by atoms with Crippen molar-refractivity contribution in [2.45, 2.75) is 32.7 Å². The van der Waals surface area contributed by atoms with Gasteiger partial charge in [-0.1, -0.05) is 0 Å². The second-order valence-corrected chi connectivity index (χ2v) is 5.66. The number of amides is 1. The van der Waals surface area contributed by atoms with E-state index in [0.29, 0.717) is 18.1 Å². The normalized spacial score (nSPS) is 18.0. The second-order valence-electron chi connectivity index (χ2n) is 5.66. The second kappa shape index (κ2) is 6.31. The van der Waals surface area contributed by atoms with Crippen LogP contribution in [0.5, 0.6) is 5.88 Å². The summed E-state index contributed by atoms with van der Waals surface area (Å²) in [7, 11) is 1.52. The van der Waals surface area contributed by atoms with E-state index in [9.17, 15) is 4.79 Å². The van der Waals surface area contributed by atoms with Crippen LogP contribution in [0.2, 0.25) is 0 Å². The fourth-order valence-corrected chi connectivity index (χ4v) is 2.93. The molecule has 0 unspecified atom stereocenters. The minimum absolute atomic E-state index is 0.112. The lowest BCUT2D eigenvalue weighted by Crippen LogP contribution is -2.41. The lowest BCUT2D eigenvalue weighted by atomic mass is 10.1. The van der Waals surface area contributed by atoms with Gasteiger partial charge >= 0.3 is 0 Å². The van der Waals surface area contributed by atoms with Crippen LogP contribution < -0.4 is 4.74 Å². The average Bonchev–Trinajstić information content (AvgIpc) is 2.93. The maximum Gasteiger partial charge on any atom is 0.274 e. The molecule has 2 aromatic rings. The van der Waals surface area contributed by atoms with Crippen molar-refractivity contribution in [3.8, 4) is 5.88 Å². The van der Waals surface area contributed by atoms with Crippen molar-refractivity contribution in [1.82, 2.24) is 29.9 Å². The molecule has 1 fully saturated rings. The van der Waals surface area contributed by atoms with Crippen molar-refractivity contribution < 1.29 is 9.53 Å². The zero-order chi connectivity index (χ0) is 16.4. The van der Waals surface area contributed by atoms with Gasteiger partial charge in [0, 0.05) is 19.2 Å². The number of hydrogen-bond donors (Lipinski definition) is 0. The van der Waals surface area contributed by atoms with Crippen molar-refractivity contribution in [2.75, 3.05) is 20.2 Å². The standard InChI is InChI=1S/C15H20N6O2/c1-10-16-11(2)21(19-10)12-5-4-8-20(9-12)15(22)13-6-7-14(23-3)18-17-13/h6-7,12H,4-5,8-9H2,1-3H3/t12-/m1/s1. The van der Waals surface area contributed by atoms with Gasteiger partial charge in [0.25, 0.3) is 5.91 Å². The van der Waals surface area contributed by atoms with Gasteiger partial charge < -0.3 is 9.64 Å². The van der Waals surface area contributed by atoms with Crippen LogP contribution in [-0.4, -0.2) is 56.0 Å². The van der Waals surface area contributed by atoms with Gasteiger partial charge in [-0.15, -0.1) is 10.2 Å². The van der Waals surface area contributed by atoms with Gasteiger partial charge in [-0.25, -0.2) is 9.67 Å². The Morgan fingerprint density at radius 3 is 2.74 bits per heavy atom. The Hall–Kier alpha value is -2.51. The maximum atomic E-state index is 12.6. The molecule has 1 aliphatic rings. The molecule has 0 bridgehead atoms. The van der Waals surface area contributed by atoms with Crippen molar-refractivity contribution in [1.29, 1.82) is 0 Å². The predicted octanol–water partition coefficient (Wildman–Crippen LogP) is 1.17. The molecule has 8 nitrogen and oxygen atoms in total. The maximum absolute atomic E-state index is 12.6. The van der Waals surface area contributed by atoms with Gasteiger partial charge in [-0.3, -0.25) is 4.79 Å². The van der Waals surface area contributed by atoms with Gasteiger partial charge in [0.2, 0.25) is 5.88 Å². The molecule has 0 aliphatic carbocycles. The molecule has 1 saturated heterocycles. The molecule has 23 heavy (non-hydrogen) atoms. The van der Waals surface area contributed by atoms with Crippen molar-refractivity contribution >= 4 is 5.91 Å². The number of nitrogens with zero attached hydrogens (tertiary/aromatic N) is 6. The Bertz CT molecular complexity index is 696. The van der Waals surface area contributed by atoms with E-state index in [4.69, 9.17) is 4.74 Å². The molecule has 8 heteroatoms. The molecule has 3 rings (SSSR count). The fraction of sp³-hybridized carbons (Fsp3) is 0.533. The van der Waals surface area contributed by atoms with E-state index < -0.39 is 0 Å². The number of carbonyl (C=O) groups excluding carboxylic acids is 1. The zero-order valence-corrected chi connectivity index (χ0v) is 13.6. The third-order valence-corrected chi connectivity index (χ3v) is 4.01. The summed E-state index contributed by atoms with van der Waals surface area (Å²) in [5, 5.41) is 12.2. The first-order valence-electron chi connectivity index (χ1n) is 7.65. The van der Waals surface area contributed by atoms with Crippen LogP contribution in [0.15, 0.2) is 12.1 Å². The number of piperidine rings is 1. The van der Waals surface area contributed by atoms with Gasteiger partial charge in [0.1, 0.15) is 11.6 Å². The number of methoxy groups -OCH3 is 1. The molecule has 3 heterocycles. The molecule has 0 spiro atoms. The molecule has 1 amide bonds. The molecule has 0 saturated carbocycles. The number of likely N-dealkylation sites (tertiary alicyclic amines) is 1.